The first-order chi connectivity index (χ1) is 8.20. The summed E-state index contributed by atoms with van der Waals surface area (Å²) in [5, 5.41) is 6.23. The summed E-state index contributed by atoms with van der Waals surface area (Å²) in [5.41, 5.74) is 3.10. The van der Waals surface area contributed by atoms with Crippen LogP contribution in [-0.2, 0) is 6.42 Å². The van der Waals surface area contributed by atoms with Crippen LogP contribution in [0.5, 0.6) is 0 Å². The summed E-state index contributed by atoms with van der Waals surface area (Å²) in [5.74, 6) is -0.0177. The van der Waals surface area contributed by atoms with E-state index in [1.54, 1.807) is 0 Å². The van der Waals surface area contributed by atoms with Crippen molar-refractivity contribution in [2.45, 2.75) is 25.8 Å². The van der Waals surface area contributed by atoms with Gasteiger partial charge in [0.1, 0.15) is 0 Å². The maximum absolute atomic E-state index is 12.0. The Labute approximate surface area is 102 Å². The molecule has 90 valence electrons. The zero-order chi connectivity index (χ0) is 12.3. The minimum Gasteiger partial charge on any atom is -0.384 e. The number of benzene rings is 1. The van der Waals surface area contributed by atoms with Gasteiger partial charge in [-0.1, -0.05) is 12.1 Å². The van der Waals surface area contributed by atoms with Crippen LogP contribution in [0.25, 0.3) is 0 Å². The van der Waals surface area contributed by atoms with Crippen molar-refractivity contribution < 1.29 is 4.79 Å². The lowest BCUT2D eigenvalue weighted by Crippen LogP contribution is -2.32. The van der Waals surface area contributed by atoms with Crippen molar-refractivity contribution in [3.8, 4) is 0 Å². The Morgan fingerprint density at radius 3 is 3.24 bits per heavy atom. The molecule has 0 saturated heterocycles. The van der Waals surface area contributed by atoms with Crippen molar-refractivity contribution in [2.24, 2.45) is 0 Å². The third-order valence-electron chi connectivity index (χ3n) is 2.98. The summed E-state index contributed by atoms with van der Waals surface area (Å²) in [6, 6.07) is 5.98. The number of carbonyl (C=O) groups excluding carboxylic acids is 1. The quantitative estimate of drug-likeness (QED) is 0.780. The smallest absolute Gasteiger partial charge is 0.251 e. The molecule has 1 atom stereocenters. The molecule has 0 aromatic heterocycles. The van der Waals surface area contributed by atoms with E-state index in [4.69, 9.17) is 0 Å². The highest BCUT2D eigenvalue weighted by Gasteiger charge is 2.14. The number of anilines is 1. The second-order valence-electron chi connectivity index (χ2n) is 4.45. The molecule has 2 rings (SSSR count). The zero-order valence-electron chi connectivity index (χ0n) is 10.1. The fourth-order valence-corrected chi connectivity index (χ4v) is 2.05. The standard InChI is InChI=1S/C14H18N2O/c1-3-4-10(2)16-14(17)12-6-5-11-7-8-15-13(11)9-12/h3,5-6,9-10,15H,1,4,7-8H2,2H3,(H,16,17). The van der Waals surface area contributed by atoms with E-state index in [9.17, 15) is 4.79 Å². The summed E-state index contributed by atoms with van der Waals surface area (Å²) in [4.78, 5) is 12.0. The topological polar surface area (TPSA) is 41.1 Å². The summed E-state index contributed by atoms with van der Waals surface area (Å²) in [6.07, 6.45) is 3.65. The van der Waals surface area contributed by atoms with E-state index in [1.807, 2.05) is 31.2 Å². The molecular weight excluding hydrogens is 212 g/mol. The average Bonchev–Trinajstić information content (AvgIpc) is 2.75. The number of amides is 1. The van der Waals surface area contributed by atoms with Gasteiger partial charge in [-0.05, 0) is 37.5 Å². The lowest BCUT2D eigenvalue weighted by molar-refractivity contribution is 0.0940. The van der Waals surface area contributed by atoms with Crippen LogP contribution in [-0.4, -0.2) is 18.5 Å². The average molecular weight is 230 g/mol. The SMILES string of the molecule is C=CCC(C)NC(=O)c1ccc2c(c1)NCC2. The largest absolute Gasteiger partial charge is 0.384 e. The molecule has 17 heavy (non-hydrogen) atoms. The Morgan fingerprint density at radius 2 is 2.47 bits per heavy atom. The Hall–Kier alpha value is -1.77. The molecule has 0 saturated carbocycles. The van der Waals surface area contributed by atoms with Crippen molar-refractivity contribution in [1.29, 1.82) is 0 Å². The number of rotatable bonds is 4. The van der Waals surface area contributed by atoms with Gasteiger partial charge in [-0.15, -0.1) is 6.58 Å². The first-order valence-corrected chi connectivity index (χ1v) is 5.99. The number of carbonyl (C=O) groups is 1. The minimum atomic E-state index is -0.0177. The molecule has 1 aliphatic rings. The van der Waals surface area contributed by atoms with Crippen molar-refractivity contribution >= 4 is 11.6 Å². The van der Waals surface area contributed by atoms with Gasteiger partial charge in [-0.25, -0.2) is 0 Å². The van der Waals surface area contributed by atoms with Gasteiger partial charge >= 0.3 is 0 Å². The van der Waals surface area contributed by atoms with Gasteiger partial charge in [0.2, 0.25) is 0 Å². The second-order valence-corrected chi connectivity index (χ2v) is 4.45. The fourth-order valence-electron chi connectivity index (χ4n) is 2.05. The van der Waals surface area contributed by atoms with Crippen molar-refractivity contribution in [3.63, 3.8) is 0 Å². The summed E-state index contributed by atoms with van der Waals surface area (Å²) < 4.78 is 0. The molecule has 0 bridgehead atoms. The van der Waals surface area contributed by atoms with Gasteiger partial charge in [-0.3, -0.25) is 4.79 Å². The lowest BCUT2D eigenvalue weighted by atomic mass is 10.1. The van der Waals surface area contributed by atoms with Crippen molar-refractivity contribution in [3.05, 3.63) is 42.0 Å². The van der Waals surface area contributed by atoms with Crippen LogP contribution in [0, 0.1) is 0 Å². The third kappa shape index (κ3) is 2.67. The first-order valence-electron chi connectivity index (χ1n) is 5.99. The number of nitrogens with one attached hydrogen (secondary N) is 2. The molecule has 0 radical (unpaired) electrons. The molecule has 1 unspecified atom stereocenters. The van der Waals surface area contributed by atoms with E-state index in [1.165, 1.54) is 5.56 Å². The monoisotopic (exact) mass is 230 g/mol. The van der Waals surface area contributed by atoms with E-state index in [-0.39, 0.29) is 11.9 Å². The highest BCUT2D eigenvalue weighted by atomic mass is 16.1. The summed E-state index contributed by atoms with van der Waals surface area (Å²) in [7, 11) is 0. The molecule has 1 aromatic carbocycles. The molecule has 0 aliphatic carbocycles. The van der Waals surface area contributed by atoms with Crippen LogP contribution in [0.2, 0.25) is 0 Å². The molecule has 1 heterocycles. The summed E-state index contributed by atoms with van der Waals surface area (Å²) >= 11 is 0. The second kappa shape index (κ2) is 5.04. The summed E-state index contributed by atoms with van der Waals surface area (Å²) in [6.45, 7) is 6.61. The number of hydrogen-bond acceptors (Lipinski definition) is 2. The first kappa shape index (κ1) is 11.7. The lowest BCUT2D eigenvalue weighted by Gasteiger charge is -2.12. The molecule has 3 nitrogen and oxygen atoms in total. The molecule has 1 amide bonds. The van der Waals surface area contributed by atoms with Gasteiger partial charge in [0.05, 0.1) is 0 Å². The molecule has 0 fully saturated rings. The van der Waals surface area contributed by atoms with Gasteiger partial charge in [0, 0.05) is 23.8 Å². The van der Waals surface area contributed by atoms with E-state index < -0.39 is 0 Å². The predicted octanol–water partition coefficient (Wildman–Crippen LogP) is 2.35. The zero-order valence-corrected chi connectivity index (χ0v) is 10.1. The highest BCUT2D eigenvalue weighted by Crippen LogP contribution is 2.23. The van der Waals surface area contributed by atoms with Crippen molar-refractivity contribution in [1.82, 2.24) is 5.32 Å². The molecular formula is C14H18N2O. The Kier molecular flexibility index (Phi) is 3.47. The Morgan fingerprint density at radius 1 is 1.65 bits per heavy atom. The molecule has 1 aromatic rings. The predicted molar refractivity (Wildman–Crippen MR) is 70.4 cm³/mol. The van der Waals surface area contributed by atoms with E-state index in [2.05, 4.69) is 17.2 Å². The van der Waals surface area contributed by atoms with E-state index in [0.717, 1.165) is 25.1 Å². The van der Waals surface area contributed by atoms with Crippen LogP contribution in [0.15, 0.2) is 30.9 Å². The Balaban J connectivity index is 2.07. The number of hydrogen-bond donors (Lipinski definition) is 2. The van der Waals surface area contributed by atoms with Crippen LogP contribution in [0.3, 0.4) is 0 Å². The van der Waals surface area contributed by atoms with Gasteiger partial charge in [0.15, 0.2) is 0 Å². The van der Waals surface area contributed by atoms with Crippen LogP contribution >= 0.6 is 0 Å². The molecule has 2 N–H and O–H groups in total. The maximum Gasteiger partial charge on any atom is 0.251 e. The maximum atomic E-state index is 12.0. The normalized spacial score (nSPS) is 14.6. The van der Waals surface area contributed by atoms with Gasteiger partial charge in [0.25, 0.3) is 5.91 Å². The van der Waals surface area contributed by atoms with Crippen LogP contribution in [0.1, 0.15) is 29.3 Å². The molecule has 1 aliphatic heterocycles. The number of fused-ring (bicyclic) bond motifs is 1. The Bertz CT molecular complexity index is 440. The molecule has 3 heteroatoms. The van der Waals surface area contributed by atoms with Gasteiger partial charge in [-0.2, -0.15) is 0 Å². The minimum absolute atomic E-state index is 0.0177. The van der Waals surface area contributed by atoms with E-state index in [0.29, 0.717) is 5.56 Å². The van der Waals surface area contributed by atoms with Crippen molar-refractivity contribution in [2.75, 3.05) is 11.9 Å². The van der Waals surface area contributed by atoms with Crippen LogP contribution < -0.4 is 10.6 Å². The van der Waals surface area contributed by atoms with Crippen LogP contribution in [0.4, 0.5) is 5.69 Å². The third-order valence-corrected chi connectivity index (χ3v) is 2.98. The molecule has 0 spiro atoms. The highest BCUT2D eigenvalue weighted by molar-refractivity contribution is 5.95. The van der Waals surface area contributed by atoms with Gasteiger partial charge < -0.3 is 10.6 Å². The van der Waals surface area contributed by atoms with E-state index >= 15 is 0 Å². The fraction of sp³-hybridized carbons (Fsp3) is 0.357.